The summed E-state index contributed by atoms with van der Waals surface area (Å²) in [6, 6.07) is 7.09. The van der Waals surface area contributed by atoms with Gasteiger partial charge in [-0.1, -0.05) is 31.4 Å². The van der Waals surface area contributed by atoms with Crippen molar-refractivity contribution >= 4 is 29.3 Å². The first-order valence-electron chi connectivity index (χ1n) is 6.10. The van der Waals surface area contributed by atoms with Gasteiger partial charge < -0.3 is 10.1 Å². The number of benzene rings is 1. The molecule has 0 unspecified atom stereocenters. The van der Waals surface area contributed by atoms with Crippen LogP contribution < -0.4 is 0 Å². The van der Waals surface area contributed by atoms with E-state index in [1.165, 1.54) is 6.08 Å². The Kier molecular flexibility index (Phi) is 2.64. The van der Waals surface area contributed by atoms with Gasteiger partial charge in [-0.2, -0.15) is 0 Å². The summed E-state index contributed by atoms with van der Waals surface area (Å²) in [5.74, 6) is -0.238. The topological polar surface area (TPSA) is 65.5 Å². The number of carbonyl (C=O) groups excluding carboxylic acids is 1. The van der Waals surface area contributed by atoms with Gasteiger partial charge in [0.2, 0.25) is 5.78 Å². The van der Waals surface area contributed by atoms with Crippen molar-refractivity contribution in [2.45, 2.75) is 0 Å². The summed E-state index contributed by atoms with van der Waals surface area (Å²) in [7, 11) is 0. The fourth-order valence-corrected chi connectivity index (χ4v) is 2.29. The fraction of sp³-hybridized carbons (Fsp3) is 0. The molecule has 0 spiro atoms. The summed E-state index contributed by atoms with van der Waals surface area (Å²) >= 11 is 0. The lowest BCUT2D eigenvalue weighted by Gasteiger charge is -1.97. The Balaban J connectivity index is 2.18. The Morgan fingerprint density at radius 1 is 1.20 bits per heavy atom. The van der Waals surface area contributed by atoms with E-state index < -0.39 is 0 Å². The van der Waals surface area contributed by atoms with Gasteiger partial charge in [-0.25, -0.2) is 4.99 Å². The molecule has 0 bridgehead atoms. The van der Waals surface area contributed by atoms with Crippen LogP contribution in [0.3, 0.4) is 0 Å². The van der Waals surface area contributed by atoms with Gasteiger partial charge in [0, 0.05) is 16.8 Å². The molecule has 2 N–H and O–H groups in total. The predicted octanol–water partition coefficient (Wildman–Crippen LogP) is 3.32. The number of carbonyl (C=O) groups is 1. The molecule has 4 heteroatoms. The predicted molar refractivity (Wildman–Crippen MR) is 79.6 cm³/mol. The Morgan fingerprint density at radius 2 is 1.95 bits per heavy atom. The van der Waals surface area contributed by atoms with E-state index >= 15 is 0 Å². The van der Waals surface area contributed by atoms with E-state index in [9.17, 15) is 9.90 Å². The van der Waals surface area contributed by atoms with Crippen LogP contribution in [0.4, 0.5) is 5.69 Å². The Labute approximate surface area is 115 Å². The quantitative estimate of drug-likeness (QED) is 0.893. The molecule has 0 aliphatic carbocycles. The molecule has 0 radical (unpaired) electrons. The van der Waals surface area contributed by atoms with Crippen LogP contribution in [0.15, 0.2) is 42.4 Å². The molecule has 2 aromatic rings. The van der Waals surface area contributed by atoms with Crippen LogP contribution in [0.25, 0.3) is 12.2 Å². The number of aliphatic imine (C=N–C) groups is 1. The molecule has 0 amide bonds. The number of aromatic hydroxyl groups is 1. The smallest absolute Gasteiger partial charge is 0.215 e. The lowest BCUT2D eigenvalue weighted by molar-refractivity contribution is 0.107. The lowest BCUT2D eigenvalue weighted by atomic mass is 10.1. The number of ketones is 1. The molecule has 1 aromatic carbocycles. The number of aromatic nitrogens is 1. The zero-order chi connectivity index (χ0) is 14.3. The van der Waals surface area contributed by atoms with Crippen LogP contribution in [-0.4, -0.2) is 21.6 Å². The van der Waals surface area contributed by atoms with E-state index in [2.05, 4.69) is 23.1 Å². The van der Waals surface area contributed by atoms with Gasteiger partial charge in [0.1, 0.15) is 11.4 Å². The zero-order valence-corrected chi connectivity index (χ0v) is 10.7. The summed E-state index contributed by atoms with van der Waals surface area (Å²) in [4.78, 5) is 19.6. The highest BCUT2D eigenvalue weighted by Gasteiger charge is 2.29. The minimum atomic E-state index is -0.205. The Hall–Kier alpha value is -2.88. The average Bonchev–Trinajstić information content (AvgIpc) is 2.97. The fourth-order valence-electron chi connectivity index (χ4n) is 2.29. The number of aromatic amines is 1. The Morgan fingerprint density at radius 3 is 2.55 bits per heavy atom. The standard InChI is InChI=1S/C16H12N2O2/c1-3-9-11(4-2)17-13(15(9)19)14-16(20)10-7-5-6-8-12(10)18-14/h3-8,17,19H,1-2H2. The largest absolute Gasteiger partial charge is 0.505 e. The van der Waals surface area contributed by atoms with E-state index in [0.29, 0.717) is 28.2 Å². The third kappa shape index (κ3) is 1.55. The molecule has 0 fully saturated rings. The van der Waals surface area contributed by atoms with Crippen LogP contribution in [0.1, 0.15) is 27.3 Å². The first-order chi connectivity index (χ1) is 9.67. The zero-order valence-electron chi connectivity index (χ0n) is 10.7. The van der Waals surface area contributed by atoms with E-state index in [1.807, 2.05) is 6.07 Å². The molecule has 3 rings (SSSR count). The number of nitrogens with zero attached hydrogens (tertiary/aromatic N) is 1. The van der Waals surface area contributed by atoms with Crippen LogP contribution in [0.2, 0.25) is 0 Å². The summed E-state index contributed by atoms with van der Waals surface area (Å²) in [5, 5.41) is 10.2. The van der Waals surface area contributed by atoms with E-state index in [-0.39, 0.29) is 17.2 Å². The van der Waals surface area contributed by atoms with Crippen LogP contribution >= 0.6 is 0 Å². The van der Waals surface area contributed by atoms with Gasteiger partial charge in [-0.05, 0) is 18.2 Å². The number of H-pyrrole nitrogens is 1. The second-order valence-electron chi connectivity index (χ2n) is 4.39. The van der Waals surface area contributed by atoms with Gasteiger partial charge in [-0.3, -0.25) is 4.79 Å². The van der Waals surface area contributed by atoms with Crippen molar-refractivity contribution < 1.29 is 9.90 Å². The van der Waals surface area contributed by atoms with Gasteiger partial charge >= 0.3 is 0 Å². The van der Waals surface area contributed by atoms with Crippen LogP contribution in [0.5, 0.6) is 5.75 Å². The highest BCUT2D eigenvalue weighted by atomic mass is 16.3. The molecule has 4 nitrogen and oxygen atoms in total. The van der Waals surface area contributed by atoms with Crippen molar-refractivity contribution in [3.63, 3.8) is 0 Å². The van der Waals surface area contributed by atoms with Gasteiger partial charge in [0.15, 0.2) is 5.75 Å². The van der Waals surface area contributed by atoms with Gasteiger partial charge in [0.05, 0.1) is 5.69 Å². The number of rotatable bonds is 3. The number of hydrogen-bond acceptors (Lipinski definition) is 3. The minimum absolute atomic E-state index is 0.0326. The van der Waals surface area contributed by atoms with Crippen LogP contribution in [-0.2, 0) is 0 Å². The highest BCUT2D eigenvalue weighted by Crippen LogP contribution is 2.34. The summed E-state index contributed by atoms with van der Waals surface area (Å²) in [5.41, 5.74) is 2.79. The molecule has 1 aromatic heterocycles. The highest BCUT2D eigenvalue weighted by molar-refractivity contribution is 6.55. The molecule has 1 aliphatic heterocycles. The minimum Gasteiger partial charge on any atom is -0.505 e. The van der Waals surface area contributed by atoms with Crippen molar-refractivity contribution in [3.8, 4) is 5.75 Å². The maximum absolute atomic E-state index is 12.3. The van der Waals surface area contributed by atoms with E-state index in [1.54, 1.807) is 24.3 Å². The molecular formula is C16H12N2O2. The number of nitrogens with one attached hydrogen (secondary N) is 1. The lowest BCUT2D eigenvalue weighted by Crippen LogP contribution is -2.11. The van der Waals surface area contributed by atoms with Gasteiger partial charge in [0.25, 0.3) is 0 Å². The number of Topliss-reactive ketones (excluding diaryl/α,β-unsaturated/α-hetero) is 1. The maximum atomic E-state index is 12.3. The molecule has 1 aliphatic rings. The van der Waals surface area contributed by atoms with E-state index in [0.717, 1.165) is 0 Å². The maximum Gasteiger partial charge on any atom is 0.215 e. The van der Waals surface area contributed by atoms with Crippen molar-refractivity contribution in [3.05, 3.63) is 59.9 Å². The molecular weight excluding hydrogens is 252 g/mol. The molecule has 98 valence electrons. The summed E-state index contributed by atoms with van der Waals surface area (Å²) < 4.78 is 0. The number of hydrogen-bond donors (Lipinski definition) is 2. The summed E-state index contributed by atoms with van der Waals surface area (Å²) in [6.07, 6.45) is 3.08. The van der Waals surface area contributed by atoms with Crippen molar-refractivity contribution in [2.75, 3.05) is 0 Å². The third-order valence-corrected chi connectivity index (χ3v) is 3.28. The molecule has 20 heavy (non-hydrogen) atoms. The van der Waals surface area contributed by atoms with E-state index in [4.69, 9.17) is 0 Å². The monoisotopic (exact) mass is 264 g/mol. The first kappa shape index (κ1) is 12.2. The van der Waals surface area contributed by atoms with Crippen molar-refractivity contribution in [1.29, 1.82) is 0 Å². The number of fused-ring (bicyclic) bond motifs is 1. The average molecular weight is 264 g/mol. The molecule has 0 atom stereocenters. The third-order valence-electron chi connectivity index (χ3n) is 3.28. The summed E-state index contributed by atoms with van der Waals surface area (Å²) in [6.45, 7) is 7.31. The molecule has 0 saturated carbocycles. The normalized spacial score (nSPS) is 13.0. The SMILES string of the molecule is C=Cc1[nH]c(C2=Nc3ccccc3C2=O)c(O)c1C=C. The van der Waals surface area contributed by atoms with Crippen LogP contribution in [0, 0.1) is 0 Å². The van der Waals surface area contributed by atoms with Crippen molar-refractivity contribution in [2.24, 2.45) is 4.99 Å². The second kappa shape index (κ2) is 4.35. The van der Waals surface area contributed by atoms with Gasteiger partial charge in [-0.15, -0.1) is 0 Å². The second-order valence-corrected chi connectivity index (χ2v) is 4.39. The molecule has 0 saturated heterocycles. The van der Waals surface area contributed by atoms with Crippen molar-refractivity contribution in [1.82, 2.24) is 4.98 Å². The number of para-hydroxylation sites is 1. The Bertz CT molecular complexity index is 782. The first-order valence-corrected chi connectivity index (χ1v) is 6.10. The molecule has 2 heterocycles.